The van der Waals surface area contributed by atoms with Gasteiger partial charge in [-0.3, -0.25) is 9.78 Å². The maximum atomic E-state index is 13.5. The summed E-state index contributed by atoms with van der Waals surface area (Å²) in [4.78, 5) is 26.4. The van der Waals surface area contributed by atoms with Gasteiger partial charge in [0, 0.05) is 10.7 Å². The maximum absolute atomic E-state index is 13.5. The van der Waals surface area contributed by atoms with Crippen LogP contribution >= 0.6 is 15.9 Å². The monoisotopic (exact) mass is 338 g/mol. The number of anilines is 1. The first-order chi connectivity index (χ1) is 9.47. The van der Waals surface area contributed by atoms with Crippen molar-refractivity contribution in [1.82, 2.24) is 4.98 Å². The first-order valence-corrected chi connectivity index (χ1v) is 6.21. The van der Waals surface area contributed by atoms with Gasteiger partial charge in [-0.05, 0) is 24.3 Å². The van der Waals surface area contributed by atoms with E-state index in [9.17, 15) is 14.0 Å². The molecule has 0 radical (unpaired) electrons. The molecule has 0 saturated carbocycles. The number of carboxylic acid groups (broad SMARTS) is 1. The van der Waals surface area contributed by atoms with Crippen molar-refractivity contribution in [3.05, 3.63) is 58.1 Å². The van der Waals surface area contributed by atoms with Crippen molar-refractivity contribution in [3.8, 4) is 0 Å². The Bertz CT molecular complexity index is 691. The van der Waals surface area contributed by atoms with Crippen LogP contribution in [0.25, 0.3) is 0 Å². The third-order valence-electron chi connectivity index (χ3n) is 2.42. The fourth-order valence-corrected chi connectivity index (χ4v) is 1.86. The summed E-state index contributed by atoms with van der Waals surface area (Å²) < 4.78 is 14.1. The highest BCUT2D eigenvalue weighted by molar-refractivity contribution is 9.10. The summed E-state index contributed by atoms with van der Waals surface area (Å²) in [6.45, 7) is 0. The van der Waals surface area contributed by atoms with Gasteiger partial charge in [0.2, 0.25) is 0 Å². The predicted octanol–water partition coefficient (Wildman–Crippen LogP) is 2.93. The molecule has 7 heteroatoms. The standard InChI is InChI=1S/C13H8BrFN2O3/c14-8-1-2-11(15)10(4-8)12(18)17-9-3-7(13(19)20)5-16-6-9/h1-6H,(H,17,18)(H,19,20). The van der Waals surface area contributed by atoms with E-state index in [-0.39, 0.29) is 16.8 Å². The van der Waals surface area contributed by atoms with Crippen LogP contribution in [0, 0.1) is 5.82 Å². The van der Waals surface area contributed by atoms with Gasteiger partial charge >= 0.3 is 5.97 Å². The Morgan fingerprint density at radius 2 is 2.00 bits per heavy atom. The lowest BCUT2D eigenvalue weighted by Gasteiger charge is -2.06. The Morgan fingerprint density at radius 1 is 1.25 bits per heavy atom. The van der Waals surface area contributed by atoms with Crippen LogP contribution in [-0.2, 0) is 0 Å². The SMILES string of the molecule is O=C(O)c1cncc(NC(=O)c2cc(Br)ccc2F)c1. The minimum atomic E-state index is -1.16. The molecule has 1 amide bonds. The summed E-state index contributed by atoms with van der Waals surface area (Å²) in [6.07, 6.45) is 2.43. The number of hydrogen-bond acceptors (Lipinski definition) is 3. The number of hydrogen-bond donors (Lipinski definition) is 2. The summed E-state index contributed by atoms with van der Waals surface area (Å²) >= 11 is 3.14. The van der Waals surface area contributed by atoms with Gasteiger partial charge in [0.25, 0.3) is 5.91 Å². The average Bonchev–Trinajstić information content (AvgIpc) is 2.41. The third kappa shape index (κ3) is 3.18. The molecule has 1 aromatic heterocycles. The molecule has 0 aliphatic rings. The maximum Gasteiger partial charge on any atom is 0.337 e. The summed E-state index contributed by atoms with van der Waals surface area (Å²) in [6, 6.07) is 5.20. The summed E-state index contributed by atoms with van der Waals surface area (Å²) in [5, 5.41) is 11.2. The fraction of sp³-hybridized carbons (Fsp3) is 0. The largest absolute Gasteiger partial charge is 0.478 e. The number of carboxylic acids is 1. The number of aromatic carboxylic acids is 1. The normalized spacial score (nSPS) is 10.1. The van der Waals surface area contributed by atoms with E-state index in [0.717, 1.165) is 12.3 Å². The molecule has 2 rings (SSSR count). The zero-order valence-electron chi connectivity index (χ0n) is 9.93. The molecule has 1 heterocycles. The second kappa shape index (κ2) is 5.79. The molecule has 0 unspecified atom stereocenters. The Hall–Kier alpha value is -2.28. The van der Waals surface area contributed by atoms with Crippen molar-refractivity contribution in [2.24, 2.45) is 0 Å². The molecular formula is C13H8BrFN2O3. The van der Waals surface area contributed by atoms with Crippen molar-refractivity contribution in [2.45, 2.75) is 0 Å². The average molecular weight is 339 g/mol. The molecule has 0 bridgehead atoms. The van der Waals surface area contributed by atoms with E-state index in [1.807, 2.05) is 0 Å². The van der Waals surface area contributed by atoms with Crippen molar-refractivity contribution >= 4 is 33.5 Å². The van der Waals surface area contributed by atoms with Crippen molar-refractivity contribution in [1.29, 1.82) is 0 Å². The second-order valence-corrected chi connectivity index (χ2v) is 4.76. The van der Waals surface area contributed by atoms with Gasteiger partial charge in [0.1, 0.15) is 5.82 Å². The van der Waals surface area contributed by atoms with E-state index >= 15 is 0 Å². The van der Waals surface area contributed by atoms with E-state index < -0.39 is 17.7 Å². The first-order valence-electron chi connectivity index (χ1n) is 5.42. The number of carbonyl (C=O) groups excluding carboxylic acids is 1. The number of carbonyl (C=O) groups is 2. The van der Waals surface area contributed by atoms with Crippen LogP contribution in [-0.4, -0.2) is 22.0 Å². The van der Waals surface area contributed by atoms with E-state index in [1.54, 1.807) is 0 Å². The number of nitrogens with one attached hydrogen (secondary N) is 1. The summed E-state index contributed by atoms with van der Waals surface area (Å²) in [7, 11) is 0. The zero-order valence-corrected chi connectivity index (χ0v) is 11.5. The van der Waals surface area contributed by atoms with Crippen molar-refractivity contribution in [3.63, 3.8) is 0 Å². The number of rotatable bonds is 3. The number of amides is 1. The molecule has 2 aromatic rings. The first kappa shape index (κ1) is 14.1. The topological polar surface area (TPSA) is 79.3 Å². The van der Waals surface area contributed by atoms with E-state index in [2.05, 4.69) is 26.2 Å². The molecule has 5 nitrogen and oxygen atoms in total. The molecule has 1 aromatic carbocycles. The number of benzene rings is 1. The number of nitrogens with zero attached hydrogens (tertiary/aromatic N) is 1. The van der Waals surface area contributed by atoms with Gasteiger partial charge in [0.05, 0.1) is 23.0 Å². The number of pyridine rings is 1. The van der Waals surface area contributed by atoms with Gasteiger partial charge in [-0.1, -0.05) is 15.9 Å². The highest BCUT2D eigenvalue weighted by Gasteiger charge is 2.13. The van der Waals surface area contributed by atoms with Crippen LogP contribution < -0.4 is 5.32 Å². The highest BCUT2D eigenvalue weighted by atomic mass is 79.9. The lowest BCUT2D eigenvalue weighted by atomic mass is 10.2. The zero-order chi connectivity index (χ0) is 14.7. The Balaban J connectivity index is 2.25. The summed E-state index contributed by atoms with van der Waals surface area (Å²) in [5.74, 6) is -2.52. The minimum absolute atomic E-state index is 0.0717. The lowest BCUT2D eigenvalue weighted by molar-refractivity contribution is 0.0696. The summed E-state index contributed by atoms with van der Waals surface area (Å²) in [5.41, 5.74) is -0.0492. The molecule has 0 spiro atoms. The van der Waals surface area contributed by atoms with Crippen LogP contribution in [0.4, 0.5) is 10.1 Å². The smallest absolute Gasteiger partial charge is 0.337 e. The highest BCUT2D eigenvalue weighted by Crippen LogP contribution is 2.17. The molecule has 0 aliphatic carbocycles. The van der Waals surface area contributed by atoms with E-state index in [1.165, 1.54) is 24.4 Å². The van der Waals surface area contributed by atoms with Gasteiger partial charge in [-0.2, -0.15) is 0 Å². The molecular weight excluding hydrogens is 331 g/mol. The molecule has 0 saturated heterocycles. The Kier molecular flexibility index (Phi) is 4.09. The molecule has 102 valence electrons. The minimum Gasteiger partial charge on any atom is -0.478 e. The molecule has 2 N–H and O–H groups in total. The van der Waals surface area contributed by atoms with Crippen LogP contribution in [0.2, 0.25) is 0 Å². The van der Waals surface area contributed by atoms with E-state index in [0.29, 0.717) is 4.47 Å². The fourth-order valence-electron chi connectivity index (χ4n) is 1.50. The molecule has 0 fully saturated rings. The second-order valence-electron chi connectivity index (χ2n) is 3.85. The van der Waals surface area contributed by atoms with Gasteiger partial charge in [-0.25, -0.2) is 9.18 Å². The van der Waals surface area contributed by atoms with Crippen LogP contribution in [0.3, 0.4) is 0 Å². The van der Waals surface area contributed by atoms with E-state index in [4.69, 9.17) is 5.11 Å². The van der Waals surface area contributed by atoms with Gasteiger partial charge in [0.15, 0.2) is 0 Å². The van der Waals surface area contributed by atoms with Gasteiger partial charge in [-0.15, -0.1) is 0 Å². The molecule has 0 aliphatic heterocycles. The van der Waals surface area contributed by atoms with Crippen molar-refractivity contribution in [2.75, 3.05) is 5.32 Å². The quantitative estimate of drug-likeness (QED) is 0.901. The molecule has 20 heavy (non-hydrogen) atoms. The van der Waals surface area contributed by atoms with Crippen LogP contribution in [0.15, 0.2) is 41.1 Å². The Morgan fingerprint density at radius 3 is 2.70 bits per heavy atom. The molecule has 0 atom stereocenters. The van der Waals surface area contributed by atoms with Crippen LogP contribution in [0.5, 0.6) is 0 Å². The number of aromatic nitrogens is 1. The van der Waals surface area contributed by atoms with Crippen molar-refractivity contribution < 1.29 is 19.1 Å². The van der Waals surface area contributed by atoms with Crippen LogP contribution in [0.1, 0.15) is 20.7 Å². The lowest BCUT2D eigenvalue weighted by Crippen LogP contribution is -2.14. The predicted molar refractivity (Wildman–Crippen MR) is 73.2 cm³/mol. The van der Waals surface area contributed by atoms with Gasteiger partial charge < -0.3 is 10.4 Å². The number of halogens is 2. The Labute approximate surface area is 121 Å². The third-order valence-corrected chi connectivity index (χ3v) is 2.91.